The van der Waals surface area contributed by atoms with Crippen molar-refractivity contribution in [2.45, 2.75) is 57.0 Å². The largest absolute Gasteiger partial charge is 0.465 e. The van der Waals surface area contributed by atoms with Gasteiger partial charge in [0.15, 0.2) is 0 Å². The highest BCUT2D eigenvalue weighted by Gasteiger charge is 2.45. The van der Waals surface area contributed by atoms with Crippen LogP contribution in [0.25, 0.3) is 0 Å². The fourth-order valence-corrected chi connectivity index (χ4v) is 4.24. The van der Waals surface area contributed by atoms with Crippen LogP contribution in [0, 0.1) is 5.41 Å². The highest BCUT2D eigenvalue weighted by atomic mass is 79.9. The standard InChI is InChI=1S/C14H19BrO2/c15-11-3-10-17-12(11)14(16)8-6-13(7-9-14)4-1-2-5-13/h3,10,16H,1-2,4-9H2. The molecular formula is C14H19BrO2. The molecule has 3 heteroatoms. The fourth-order valence-electron chi connectivity index (χ4n) is 3.67. The molecule has 1 aromatic rings. The highest BCUT2D eigenvalue weighted by molar-refractivity contribution is 9.10. The molecule has 0 bridgehead atoms. The van der Waals surface area contributed by atoms with Crippen LogP contribution in [-0.4, -0.2) is 5.11 Å². The summed E-state index contributed by atoms with van der Waals surface area (Å²) in [6.07, 6.45) is 11.1. The lowest BCUT2D eigenvalue weighted by molar-refractivity contribution is -0.0534. The summed E-state index contributed by atoms with van der Waals surface area (Å²) in [7, 11) is 0. The van der Waals surface area contributed by atoms with Gasteiger partial charge in [-0.3, -0.25) is 0 Å². The van der Waals surface area contributed by atoms with Crippen molar-refractivity contribution in [3.8, 4) is 0 Å². The third kappa shape index (κ3) is 1.97. The Morgan fingerprint density at radius 3 is 2.24 bits per heavy atom. The third-order valence-corrected chi connectivity index (χ3v) is 5.47. The van der Waals surface area contributed by atoms with Gasteiger partial charge in [0.25, 0.3) is 0 Å². The molecule has 2 aliphatic carbocycles. The van der Waals surface area contributed by atoms with Gasteiger partial charge in [0, 0.05) is 0 Å². The van der Waals surface area contributed by atoms with Crippen LogP contribution in [0.2, 0.25) is 0 Å². The van der Waals surface area contributed by atoms with E-state index in [1.54, 1.807) is 6.26 Å². The predicted octanol–water partition coefficient (Wildman–Crippen LogP) is 4.36. The summed E-state index contributed by atoms with van der Waals surface area (Å²) in [5.41, 5.74) is -0.193. The maximum absolute atomic E-state index is 10.7. The van der Waals surface area contributed by atoms with Gasteiger partial charge in [0.05, 0.1) is 10.7 Å². The van der Waals surface area contributed by atoms with Gasteiger partial charge in [0.2, 0.25) is 0 Å². The smallest absolute Gasteiger partial charge is 0.149 e. The molecule has 94 valence electrons. The van der Waals surface area contributed by atoms with Crippen LogP contribution in [0.4, 0.5) is 0 Å². The minimum absolute atomic E-state index is 0.547. The van der Waals surface area contributed by atoms with E-state index >= 15 is 0 Å². The lowest BCUT2D eigenvalue weighted by Crippen LogP contribution is -2.35. The van der Waals surface area contributed by atoms with Crippen molar-refractivity contribution >= 4 is 15.9 Å². The second-order valence-corrected chi connectivity index (χ2v) is 6.69. The summed E-state index contributed by atoms with van der Waals surface area (Å²) in [6.45, 7) is 0. The number of furan rings is 1. The van der Waals surface area contributed by atoms with E-state index in [1.807, 2.05) is 6.07 Å². The molecule has 1 aromatic heterocycles. The van der Waals surface area contributed by atoms with Crippen molar-refractivity contribution in [3.63, 3.8) is 0 Å². The lowest BCUT2D eigenvalue weighted by Gasteiger charge is -2.41. The van der Waals surface area contributed by atoms with E-state index < -0.39 is 5.60 Å². The molecular weight excluding hydrogens is 280 g/mol. The number of aliphatic hydroxyl groups is 1. The second kappa shape index (κ2) is 4.13. The van der Waals surface area contributed by atoms with Crippen LogP contribution in [0.5, 0.6) is 0 Å². The van der Waals surface area contributed by atoms with E-state index in [9.17, 15) is 5.11 Å². The van der Waals surface area contributed by atoms with Gasteiger partial charge in [-0.25, -0.2) is 0 Å². The molecule has 2 fully saturated rings. The zero-order valence-corrected chi connectivity index (χ0v) is 11.6. The van der Waals surface area contributed by atoms with Gasteiger partial charge in [-0.2, -0.15) is 0 Å². The molecule has 0 atom stereocenters. The number of hydrogen-bond donors (Lipinski definition) is 1. The third-order valence-electron chi connectivity index (χ3n) is 4.84. The lowest BCUT2D eigenvalue weighted by atomic mass is 9.67. The Balaban J connectivity index is 1.77. The molecule has 0 amide bonds. The van der Waals surface area contributed by atoms with Gasteiger partial charge < -0.3 is 9.52 Å². The Bertz CT molecular complexity index is 394. The quantitative estimate of drug-likeness (QED) is 0.835. The van der Waals surface area contributed by atoms with Crippen molar-refractivity contribution in [2.75, 3.05) is 0 Å². The second-order valence-electron chi connectivity index (χ2n) is 5.84. The first-order valence-electron chi connectivity index (χ1n) is 6.60. The molecule has 0 aliphatic heterocycles. The molecule has 0 radical (unpaired) electrons. The minimum atomic E-state index is -0.740. The molecule has 17 heavy (non-hydrogen) atoms. The van der Waals surface area contributed by atoms with E-state index in [-0.39, 0.29) is 0 Å². The van der Waals surface area contributed by atoms with Crippen LogP contribution in [0.3, 0.4) is 0 Å². The maximum atomic E-state index is 10.7. The van der Waals surface area contributed by atoms with Crippen LogP contribution in [0.1, 0.15) is 57.1 Å². The van der Waals surface area contributed by atoms with Crippen molar-refractivity contribution in [1.82, 2.24) is 0 Å². The molecule has 2 nitrogen and oxygen atoms in total. The van der Waals surface area contributed by atoms with Crippen molar-refractivity contribution in [1.29, 1.82) is 0 Å². The first-order chi connectivity index (χ1) is 8.14. The van der Waals surface area contributed by atoms with Crippen LogP contribution in [0.15, 0.2) is 21.2 Å². The van der Waals surface area contributed by atoms with Crippen molar-refractivity contribution < 1.29 is 9.52 Å². The molecule has 2 saturated carbocycles. The predicted molar refractivity (Wildman–Crippen MR) is 69.7 cm³/mol. The molecule has 0 aromatic carbocycles. The Hall–Kier alpha value is -0.280. The summed E-state index contributed by atoms with van der Waals surface area (Å²) < 4.78 is 6.37. The monoisotopic (exact) mass is 298 g/mol. The summed E-state index contributed by atoms with van der Waals surface area (Å²) >= 11 is 3.46. The van der Waals surface area contributed by atoms with Gasteiger partial charge in [0.1, 0.15) is 11.4 Å². The minimum Gasteiger partial charge on any atom is -0.465 e. The summed E-state index contributed by atoms with van der Waals surface area (Å²) in [4.78, 5) is 0. The highest BCUT2D eigenvalue weighted by Crippen LogP contribution is 2.54. The average molecular weight is 299 g/mol. The number of hydrogen-bond acceptors (Lipinski definition) is 2. The van der Waals surface area contributed by atoms with Crippen molar-refractivity contribution in [2.24, 2.45) is 5.41 Å². The zero-order chi connectivity index (χ0) is 11.9. The van der Waals surface area contributed by atoms with Gasteiger partial charge >= 0.3 is 0 Å². The first kappa shape index (κ1) is 11.8. The average Bonchev–Trinajstić information content (AvgIpc) is 2.94. The molecule has 1 spiro atoms. The van der Waals surface area contributed by atoms with E-state index in [0.717, 1.165) is 35.9 Å². The first-order valence-corrected chi connectivity index (χ1v) is 7.39. The maximum Gasteiger partial charge on any atom is 0.149 e. The van der Waals surface area contributed by atoms with Gasteiger partial charge in [-0.05, 0) is 65.9 Å². The summed E-state index contributed by atoms with van der Waals surface area (Å²) in [6, 6.07) is 1.87. The Morgan fingerprint density at radius 1 is 1.06 bits per heavy atom. The van der Waals surface area contributed by atoms with Crippen LogP contribution >= 0.6 is 15.9 Å². The SMILES string of the molecule is OC1(c2occc2Br)CCC2(CCCC2)CC1. The molecule has 2 aliphatic rings. The van der Waals surface area contributed by atoms with Crippen molar-refractivity contribution in [3.05, 3.63) is 22.6 Å². The fraction of sp³-hybridized carbons (Fsp3) is 0.714. The molecule has 0 saturated heterocycles. The number of halogens is 1. The van der Waals surface area contributed by atoms with Crippen LogP contribution in [-0.2, 0) is 5.60 Å². The number of rotatable bonds is 1. The zero-order valence-electron chi connectivity index (χ0n) is 10.0. The molecule has 3 rings (SSSR count). The summed E-state index contributed by atoms with van der Waals surface area (Å²) in [5.74, 6) is 0.727. The molecule has 0 unspecified atom stereocenters. The normalized spacial score (nSPS) is 26.5. The Labute approximate surface area is 111 Å². The summed E-state index contributed by atoms with van der Waals surface area (Å²) in [5, 5.41) is 10.7. The molecule has 1 N–H and O–H groups in total. The molecule has 1 heterocycles. The van der Waals surface area contributed by atoms with Gasteiger partial charge in [-0.15, -0.1) is 0 Å². The van der Waals surface area contributed by atoms with E-state index in [1.165, 1.54) is 25.7 Å². The Kier molecular flexibility index (Phi) is 2.86. The van der Waals surface area contributed by atoms with Crippen LogP contribution < -0.4 is 0 Å². The Morgan fingerprint density at radius 2 is 1.71 bits per heavy atom. The topological polar surface area (TPSA) is 33.4 Å². The van der Waals surface area contributed by atoms with E-state index in [4.69, 9.17) is 4.42 Å². The van der Waals surface area contributed by atoms with E-state index in [2.05, 4.69) is 15.9 Å². The van der Waals surface area contributed by atoms with Gasteiger partial charge in [-0.1, -0.05) is 12.8 Å². The van der Waals surface area contributed by atoms with E-state index in [0.29, 0.717) is 5.41 Å².